The van der Waals surface area contributed by atoms with Gasteiger partial charge in [0.05, 0.1) is 11.7 Å². The highest BCUT2D eigenvalue weighted by Gasteiger charge is 2.33. The summed E-state index contributed by atoms with van der Waals surface area (Å²) in [5.41, 5.74) is 1.44. The molecule has 122 valence electrons. The van der Waals surface area contributed by atoms with Gasteiger partial charge in [0, 0.05) is 26.1 Å². The monoisotopic (exact) mass is 306 g/mol. The van der Waals surface area contributed by atoms with E-state index in [9.17, 15) is 9.59 Å². The van der Waals surface area contributed by atoms with Crippen molar-refractivity contribution in [3.63, 3.8) is 0 Å². The zero-order valence-corrected chi connectivity index (χ0v) is 14.1. The van der Waals surface area contributed by atoms with E-state index in [1.165, 1.54) is 0 Å². The van der Waals surface area contributed by atoms with E-state index in [0.29, 0.717) is 31.7 Å². The fourth-order valence-electron chi connectivity index (χ4n) is 2.82. The van der Waals surface area contributed by atoms with Gasteiger partial charge in [-0.2, -0.15) is 5.10 Å². The molecule has 0 aliphatic carbocycles. The van der Waals surface area contributed by atoms with Crippen LogP contribution in [0.5, 0.6) is 0 Å². The Hall–Kier alpha value is -1.85. The number of aryl methyl sites for hydroxylation is 2. The lowest BCUT2D eigenvalue weighted by atomic mass is 9.96. The number of nitrogens with one attached hydrogen (secondary N) is 1. The molecule has 1 aromatic heterocycles. The zero-order valence-electron chi connectivity index (χ0n) is 14.1. The predicted octanol–water partition coefficient (Wildman–Crippen LogP) is 1.59. The minimum atomic E-state index is -0.155. The molecule has 1 saturated heterocycles. The number of carbonyl (C=O) groups is 2. The molecule has 1 aliphatic heterocycles. The lowest BCUT2D eigenvalue weighted by Gasteiger charge is -2.26. The van der Waals surface area contributed by atoms with E-state index in [4.69, 9.17) is 0 Å². The summed E-state index contributed by atoms with van der Waals surface area (Å²) < 4.78 is 1.69. The number of carbonyl (C=O) groups excluding carboxylic acids is 2. The molecule has 1 aromatic rings. The Labute approximate surface area is 131 Å². The van der Waals surface area contributed by atoms with Crippen molar-refractivity contribution < 1.29 is 9.59 Å². The molecule has 0 unspecified atom stereocenters. The van der Waals surface area contributed by atoms with Crippen molar-refractivity contribution in [1.82, 2.24) is 20.0 Å². The van der Waals surface area contributed by atoms with E-state index in [2.05, 4.69) is 31.2 Å². The highest BCUT2D eigenvalue weighted by atomic mass is 16.2. The number of hydrogen-bond donors (Lipinski definition) is 1. The van der Waals surface area contributed by atoms with Gasteiger partial charge in [0.2, 0.25) is 5.91 Å². The van der Waals surface area contributed by atoms with Crippen LogP contribution in [-0.2, 0) is 11.3 Å². The maximum atomic E-state index is 12.4. The number of nitrogens with zero attached hydrogens (tertiary/aromatic N) is 3. The third-order valence-electron chi connectivity index (χ3n) is 3.65. The smallest absolute Gasteiger partial charge is 0.269 e. The fraction of sp³-hybridized carbons (Fsp3) is 0.688. The summed E-state index contributed by atoms with van der Waals surface area (Å²) in [5, 5.41) is 7.25. The van der Waals surface area contributed by atoms with Crippen LogP contribution in [-0.4, -0.2) is 45.6 Å². The number of aromatic nitrogens is 2. The van der Waals surface area contributed by atoms with Crippen molar-refractivity contribution in [3.05, 3.63) is 17.5 Å². The molecule has 0 bridgehead atoms. The van der Waals surface area contributed by atoms with Gasteiger partial charge in [-0.15, -0.1) is 0 Å². The van der Waals surface area contributed by atoms with Gasteiger partial charge in [0.25, 0.3) is 5.91 Å². The van der Waals surface area contributed by atoms with E-state index in [-0.39, 0.29) is 23.3 Å². The summed E-state index contributed by atoms with van der Waals surface area (Å²) in [4.78, 5) is 26.3. The Morgan fingerprint density at radius 2 is 2.14 bits per heavy atom. The van der Waals surface area contributed by atoms with Crippen LogP contribution in [0.2, 0.25) is 0 Å². The Morgan fingerprint density at radius 3 is 2.73 bits per heavy atom. The van der Waals surface area contributed by atoms with Crippen LogP contribution >= 0.6 is 0 Å². The summed E-state index contributed by atoms with van der Waals surface area (Å²) in [6.45, 7) is 12.1. The van der Waals surface area contributed by atoms with Crippen molar-refractivity contribution in [2.45, 2.75) is 53.6 Å². The predicted molar refractivity (Wildman–Crippen MR) is 84.5 cm³/mol. The summed E-state index contributed by atoms with van der Waals surface area (Å²) in [6.07, 6.45) is 0.376. The Balaban J connectivity index is 2.00. The van der Waals surface area contributed by atoms with Crippen LogP contribution in [0.15, 0.2) is 6.07 Å². The summed E-state index contributed by atoms with van der Waals surface area (Å²) in [7, 11) is 0. The van der Waals surface area contributed by atoms with Gasteiger partial charge in [0.15, 0.2) is 0 Å². The minimum absolute atomic E-state index is 0.0620. The van der Waals surface area contributed by atoms with Gasteiger partial charge in [-0.1, -0.05) is 20.8 Å². The molecule has 0 spiro atoms. The van der Waals surface area contributed by atoms with E-state index in [1.54, 1.807) is 10.7 Å². The van der Waals surface area contributed by atoms with Crippen LogP contribution in [0.4, 0.5) is 0 Å². The standard InChI is InChI=1S/C16H26N4O2/c1-6-20-13(7-11(2)18-20)15(22)17-12-8-14(21)19(9-12)10-16(3,4)5/h7,12H,6,8-10H2,1-5H3,(H,17,22)/t12-/m1/s1. The molecular weight excluding hydrogens is 280 g/mol. The molecule has 1 fully saturated rings. The van der Waals surface area contributed by atoms with Gasteiger partial charge in [-0.3, -0.25) is 14.3 Å². The highest BCUT2D eigenvalue weighted by Crippen LogP contribution is 2.20. The highest BCUT2D eigenvalue weighted by molar-refractivity contribution is 5.93. The molecule has 2 amide bonds. The molecule has 2 heterocycles. The molecule has 1 N–H and O–H groups in total. The molecule has 0 radical (unpaired) electrons. The second-order valence-electron chi connectivity index (χ2n) is 7.20. The summed E-state index contributed by atoms with van der Waals surface area (Å²) in [5.74, 6) is -0.0433. The third-order valence-corrected chi connectivity index (χ3v) is 3.65. The maximum Gasteiger partial charge on any atom is 0.269 e. The van der Waals surface area contributed by atoms with Gasteiger partial charge in [-0.25, -0.2) is 0 Å². The summed E-state index contributed by atoms with van der Waals surface area (Å²) >= 11 is 0. The molecular formula is C16H26N4O2. The quantitative estimate of drug-likeness (QED) is 0.918. The van der Waals surface area contributed by atoms with Gasteiger partial charge in [-0.05, 0) is 25.3 Å². The normalized spacial score (nSPS) is 18.9. The first-order valence-corrected chi connectivity index (χ1v) is 7.82. The molecule has 1 atom stereocenters. The second kappa shape index (κ2) is 6.10. The van der Waals surface area contributed by atoms with Gasteiger partial charge in [0.1, 0.15) is 5.69 Å². The number of likely N-dealkylation sites (tertiary alicyclic amines) is 1. The average Bonchev–Trinajstić information content (AvgIpc) is 2.91. The lowest BCUT2D eigenvalue weighted by molar-refractivity contribution is -0.128. The number of amides is 2. The first kappa shape index (κ1) is 16.5. The first-order valence-electron chi connectivity index (χ1n) is 7.82. The van der Waals surface area contributed by atoms with Crippen LogP contribution in [0.3, 0.4) is 0 Å². The Kier molecular flexibility index (Phi) is 4.58. The second-order valence-corrected chi connectivity index (χ2v) is 7.20. The molecule has 2 rings (SSSR count). The zero-order chi connectivity index (χ0) is 16.5. The van der Waals surface area contributed by atoms with Crippen molar-refractivity contribution >= 4 is 11.8 Å². The summed E-state index contributed by atoms with van der Waals surface area (Å²) in [6, 6.07) is 1.66. The van der Waals surface area contributed by atoms with Crippen LogP contribution < -0.4 is 5.32 Å². The SMILES string of the molecule is CCn1nc(C)cc1C(=O)N[C@@H]1CC(=O)N(CC(C)(C)C)C1. The first-order chi connectivity index (χ1) is 10.2. The lowest BCUT2D eigenvalue weighted by Crippen LogP contribution is -2.39. The molecule has 0 aromatic carbocycles. The van der Waals surface area contributed by atoms with Crippen molar-refractivity contribution in [1.29, 1.82) is 0 Å². The van der Waals surface area contributed by atoms with Crippen LogP contribution in [0.1, 0.15) is 50.3 Å². The number of rotatable bonds is 4. The van der Waals surface area contributed by atoms with Gasteiger partial charge >= 0.3 is 0 Å². The molecule has 6 nitrogen and oxygen atoms in total. The number of hydrogen-bond acceptors (Lipinski definition) is 3. The minimum Gasteiger partial charge on any atom is -0.346 e. The van der Waals surface area contributed by atoms with E-state index < -0.39 is 0 Å². The largest absolute Gasteiger partial charge is 0.346 e. The van der Waals surface area contributed by atoms with E-state index in [0.717, 1.165) is 5.69 Å². The molecule has 22 heavy (non-hydrogen) atoms. The van der Waals surface area contributed by atoms with E-state index in [1.807, 2.05) is 18.7 Å². The molecule has 1 aliphatic rings. The van der Waals surface area contributed by atoms with Crippen LogP contribution in [0, 0.1) is 12.3 Å². The fourth-order valence-corrected chi connectivity index (χ4v) is 2.82. The third kappa shape index (κ3) is 3.87. The Bertz CT molecular complexity index is 571. The van der Waals surface area contributed by atoms with Crippen molar-refractivity contribution in [2.24, 2.45) is 5.41 Å². The molecule has 0 saturated carbocycles. The van der Waals surface area contributed by atoms with Crippen molar-refractivity contribution in [2.75, 3.05) is 13.1 Å². The Morgan fingerprint density at radius 1 is 1.45 bits per heavy atom. The van der Waals surface area contributed by atoms with Crippen molar-refractivity contribution in [3.8, 4) is 0 Å². The van der Waals surface area contributed by atoms with Crippen LogP contribution in [0.25, 0.3) is 0 Å². The average molecular weight is 306 g/mol. The molecule has 6 heteroatoms. The topological polar surface area (TPSA) is 67.2 Å². The maximum absolute atomic E-state index is 12.4. The van der Waals surface area contributed by atoms with E-state index >= 15 is 0 Å². The van der Waals surface area contributed by atoms with Gasteiger partial charge < -0.3 is 10.2 Å².